The summed E-state index contributed by atoms with van der Waals surface area (Å²) in [6.07, 6.45) is 4.83. The Bertz CT molecular complexity index is 330. The van der Waals surface area contributed by atoms with E-state index < -0.39 is 0 Å². The predicted molar refractivity (Wildman–Crippen MR) is 70.2 cm³/mol. The highest BCUT2D eigenvalue weighted by Crippen LogP contribution is 2.10. The van der Waals surface area contributed by atoms with Crippen molar-refractivity contribution in [3.05, 3.63) is 12.4 Å². The second kappa shape index (κ2) is 7.06. The molecule has 5 nitrogen and oxygen atoms in total. The molecule has 1 heterocycles. The lowest BCUT2D eigenvalue weighted by molar-refractivity contribution is 0.179. The molecule has 1 aromatic rings. The average molecular weight is 238 g/mol. The Morgan fingerprint density at radius 3 is 2.65 bits per heavy atom. The van der Waals surface area contributed by atoms with E-state index >= 15 is 0 Å². The van der Waals surface area contributed by atoms with Gasteiger partial charge in [0.1, 0.15) is 11.6 Å². The zero-order valence-corrected chi connectivity index (χ0v) is 10.8. The monoisotopic (exact) mass is 238 g/mol. The van der Waals surface area contributed by atoms with E-state index in [1.165, 1.54) is 0 Å². The molecule has 17 heavy (non-hydrogen) atoms. The van der Waals surface area contributed by atoms with Crippen LogP contribution in [0.5, 0.6) is 0 Å². The maximum Gasteiger partial charge on any atom is 0.147 e. The van der Waals surface area contributed by atoms with Gasteiger partial charge >= 0.3 is 0 Å². The molecule has 0 fully saturated rings. The molecule has 3 N–H and O–H groups in total. The van der Waals surface area contributed by atoms with Crippen molar-refractivity contribution in [1.29, 1.82) is 0 Å². The van der Waals surface area contributed by atoms with E-state index in [1.54, 1.807) is 19.3 Å². The number of hydrogen-bond acceptors (Lipinski definition) is 5. The van der Waals surface area contributed by atoms with Gasteiger partial charge in [-0.05, 0) is 26.7 Å². The summed E-state index contributed by atoms with van der Waals surface area (Å²) in [5.41, 5.74) is 0. The number of nitrogens with one attached hydrogen (secondary N) is 2. The highest BCUT2D eigenvalue weighted by Gasteiger charge is 2.07. The normalized spacial score (nSPS) is 14.1. The minimum atomic E-state index is -0.313. The minimum absolute atomic E-state index is 0.172. The zero-order chi connectivity index (χ0) is 12.7. The first-order valence-corrected chi connectivity index (χ1v) is 6.12. The molecular weight excluding hydrogens is 216 g/mol. The molecule has 0 saturated carbocycles. The maximum absolute atomic E-state index is 9.28. The predicted octanol–water partition coefficient (Wildman–Crippen LogP) is 1.87. The molecule has 0 aliphatic carbocycles. The average Bonchev–Trinajstić information content (AvgIpc) is 2.25. The molecule has 0 bridgehead atoms. The summed E-state index contributed by atoms with van der Waals surface area (Å²) in [6.45, 7) is 6.79. The van der Waals surface area contributed by atoms with Crippen molar-refractivity contribution < 1.29 is 5.11 Å². The Labute approximate surface area is 103 Å². The summed E-state index contributed by atoms with van der Waals surface area (Å²) in [6, 6.07) is 0.172. The van der Waals surface area contributed by atoms with Crippen LogP contribution in [-0.4, -0.2) is 33.8 Å². The van der Waals surface area contributed by atoms with Crippen molar-refractivity contribution in [3.8, 4) is 0 Å². The standard InChI is InChI=1S/C12H22N4O/c1-4-5-14-11-7-13-8-12(16-11)15-9(2)6-10(3)17/h7-10,17H,4-6H2,1-3H3,(H2,14,15,16). The maximum atomic E-state index is 9.28. The Hall–Kier alpha value is -1.36. The van der Waals surface area contributed by atoms with Crippen LogP contribution in [0.2, 0.25) is 0 Å². The molecule has 0 radical (unpaired) electrons. The smallest absolute Gasteiger partial charge is 0.147 e. The van der Waals surface area contributed by atoms with Gasteiger partial charge in [0.15, 0.2) is 0 Å². The Morgan fingerprint density at radius 2 is 2.00 bits per heavy atom. The van der Waals surface area contributed by atoms with Gasteiger partial charge in [-0.15, -0.1) is 0 Å². The Morgan fingerprint density at radius 1 is 1.29 bits per heavy atom. The first-order chi connectivity index (χ1) is 8.11. The van der Waals surface area contributed by atoms with Crippen molar-refractivity contribution >= 4 is 11.6 Å². The number of nitrogens with zero attached hydrogens (tertiary/aromatic N) is 2. The lowest BCUT2D eigenvalue weighted by Gasteiger charge is -2.16. The van der Waals surface area contributed by atoms with Crippen LogP contribution >= 0.6 is 0 Å². The van der Waals surface area contributed by atoms with E-state index in [9.17, 15) is 5.11 Å². The topological polar surface area (TPSA) is 70.1 Å². The molecule has 0 aromatic carbocycles. The fourth-order valence-electron chi connectivity index (χ4n) is 1.60. The summed E-state index contributed by atoms with van der Waals surface area (Å²) in [4.78, 5) is 8.51. The van der Waals surface area contributed by atoms with E-state index in [0.717, 1.165) is 24.6 Å². The van der Waals surface area contributed by atoms with Crippen LogP contribution in [0.1, 0.15) is 33.6 Å². The summed E-state index contributed by atoms with van der Waals surface area (Å²) in [5.74, 6) is 1.51. The minimum Gasteiger partial charge on any atom is -0.393 e. The van der Waals surface area contributed by atoms with Gasteiger partial charge in [0.05, 0.1) is 18.5 Å². The number of anilines is 2. The van der Waals surface area contributed by atoms with E-state index in [1.807, 2.05) is 6.92 Å². The molecule has 1 rings (SSSR count). The SMILES string of the molecule is CCCNc1cncc(NC(C)CC(C)O)n1. The summed E-state index contributed by atoms with van der Waals surface area (Å²) in [7, 11) is 0. The van der Waals surface area contributed by atoms with Crippen LogP contribution in [0.3, 0.4) is 0 Å². The van der Waals surface area contributed by atoms with Crippen LogP contribution in [0.4, 0.5) is 11.6 Å². The van der Waals surface area contributed by atoms with Gasteiger partial charge in [-0.1, -0.05) is 6.92 Å². The summed E-state index contributed by atoms with van der Waals surface area (Å²) >= 11 is 0. The number of rotatable bonds is 7. The zero-order valence-electron chi connectivity index (χ0n) is 10.8. The molecule has 0 amide bonds. The van der Waals surface area contributed by atoms with E-state index in [4.69, 9.17) is 0 Å². The first-order valence-electron chi connectivity index (χ1n) is 6.12. The highest BCUT2D eigenvalue weighted by atomic mass is 16.3. The van der Waals surface area contributed by atoms with Crippen LogP contribution in [-0.2, 0) is 0 Å². The van der Waals surface area contributed by atoms with Crippen molar-refractivity contribution in [3.63, 3.8) is 0 Å². The Kier molecular flexibility index (Phi) is 5.69. The van der Waals surface area contributed by atoms with Gasteiger partial charge in [0.25, 0.3) is 0 Å². The highest BCUT2D eigenvalue weighted by molar-refractivity contribution is 5.41. The molecule has 96 valence electrons. The van der Waals surface area contributed by atoms with Crippen LogP contribution < -0.4 is 10.6 Å². The number of aromatic nitrogens is 2. The summed E-state index contributed by atoms with van der Waals surface area (Å²) < 4.78 is 0. The van der Waals surface area contributed by atoms with Crippen LogP contribution in [0.15, 0.2) is 12.4 Å². The third-order valence-corrected chi connectivity index (χ3v) is 2.28. The van der Waals surface area contributed by atoms with Crippen molar-refractivity contribution in [2.75, 3.05) is 17.2 Å². The number of hydrogen-bond donors (Lipinski definition) is 3. The van der Waals surface area contributed by atoms with Crippen LogP contribution in [0, 0.1) is 0 Å². The van der Waals surface area contributed by atoms with E-state index in [0.29, 0.717) is 6.42 Å². The van der Waals surface area contributed by atoms with Gasteiger partial charge in [-0.3, -0.25) is 4.98 Å². The molecule has 2 unspecified atom stereocenters. The molecule has 5 heteroatoms. The van der Waals surface area contributed by atoms with Gasteiger partial charge in [0.2, 0.25) is 0 Å². The molecule has 1 aromatic heterocycles. The second-order valence-corrected chi connectivity index (χ2v) is 4.35. The number of aliphatic hydroxyl groups excluding tert-OH is 1. The van der Waals surface area contributed by atoms with Crippen molar-refractivity contribution in [1.82, 2.24) is 9.97 Å². The van der Waals surface area contributed by atoms with Crippen molar-refractivity contribution in [2.45, 2.75) is 45.8 Å². The lowest BCUT2D eigenvalue weighted by Crippen LogP contribution is -2.21. The molecule has 0 aliphatic rings. The third kappa shape index (κ3) is 5.49. The fraction of sp³-hybridized carbons (Fsp3) is 0.667. The molecule has 2 atom stereocenters. The largest absolute Gasteiger partial charge is 0.393 e. The van der Waals surface area contributed by atoms with E-state index in [-0.39, 0.29) is 12.1 Å². The molecule has 0 spiro atoms. The lowest BCUT2D eigenvalue weighted by atomic mass is 10.1. The molecule has 0 saturated heterocycles. The molecule has 0 aliphatic heterocycles. The first kappa shape index (κ1) is 13.7. The van der Waals surface area contributed by atoms with Crippen LogP contribution in [0.25, 0.3) is 0 Å². The summed E-state index contributed by atoms with van der Waals surface area (Å²) in [5, 5.41) is 15.7. The molecular formula is C12H22N4O. The Balaban J connectivity index is 2.52. The van der Waals surface area contributed by atoms with Gasteiger partial charge in [-0.2, -0.15) is 0 Å². The van der Waals surface area contributed by atoms with Gasteiger partial charge in [-0.25, -0.2) is 4.98 Å². The third-order valence-electron chi connectivity index (χ3n) is 2.28. The fourth-order valence-corrected chi connectivity index (χ4v) is 1.60. The number of aliphatic hydroxyl groups is 1. The van der Waals surface area contributed by atoms with Gasteiger partial charge < -0.3 is 15.7 Å². The second-order valence-electron chi connectivity index (χ2n) is 4.35. The quantitative estimate of drug-likeness (QED) is 0.676. The van der Waals surface area contributed by atoms with E-state index in [2.05, 4.69) is 27.5 Å². The van der Waals surface area contributed by atoms with Crippen molar-refractivity contribution in [2.24, 2.45) is 0 Å². The van der Waals surface area contributed by atoms with Gasteiger partial charge in [0, 0.05) is 12.6 Å².